The van der Waals surface area contributed by atoms with Gasteiger partial charge < -0.3 is 10.3 Å². The van der Waals surface area contributed by atoms with Crippen LogP contribution < -0.4 is 5.73 Å². The van der Waals surface area contributed by atoms with E-state index in [4.69, 9.17) is 5.73 Å². The van der Waals surface area contributed by atoms with E-state index in [1.165, 1.54) is 24.2 Å². The lowest BCUT2D eigenvalue weighted by Crippen LogP contribution is -2.07. The van der Waals surface area contributed by atoms with E-state index >= 15 is 0 Å². The lowest BCUT2D eigenvalue weighted by Gasteiger charge is -2.14. The molecule has 2 N–H and O–H groups in total. The van der Waals surface area contributed by atoms with Crippen LogP contribution in [0.3, 0.4) is 0 Å². The van der Waals surface area contributed by atoms with Gasteiger partial charge in [-0.3, -0.25) is 0 Å². The first-order valence-corrected chi connectivity index (χ1v) is 7.13. The van der Waals surface area contributed by atoms with Gasteiger partial charge in [-0.1, -0.05) is 22.0 Å². The molecule has 2 aromatic rings. The predicted octanol–water partition coefficient (Wildman–Crippen LogP) is 2.97. The van der Waals surface area contributed by atoms with Crippen molar-refractivity contribution in [2.75, 3.05) is 0 Å². The Labute approximate surface area is 115 Å². The Morgan fingerprint density at radius 3 is 2.89 bits per heavy atom. The van der Waals surface area contributed by atoms with Crippen LogP contribution in [0.5, 0.6) is 0 Å². The van der Waals surface area contributed by atoms with E-state index < -0.39 is 0 Å². The summed E-state index contributed by atoms with van der Waals surface area (Å²) in [6.07, 6.45) is 6.72. The fourth-order valence-electron chi connectivity index (χ4n) is 2.54. The van der Waals surface area contributed by atoms with E-state index in [2.05, 4.69) is 43.7 Å². The Morgan fingerprint density at radius 1 is 1.28 bits per heavy atom. The maximum Gasteiger partial charge on any atom is 0.0997 e. The number of halogens is 1. The highest BCUT2D eigenvalue weighted by Gasteiger charge is 2.16. The molecule has 0 amide bonds. The lowest BCUT2D eigenvalue weighted by atomic mass is 10.0. The number of rotatable bonds is 2. The summed E-state index contributed by atoms with van der Waals surface area (Å²) in [6.45, 7) is 0.558. The van der Waals surface area contributed by atoms with Crippen molar-refractivity contribution in [2.45, 2.75) is 32.2 Å². The Kier molecular flexibility index (Phi) is 3.22. The van der Waals surface area contributed by atoms with Gasteiger partial charge in [0.05, 0.1) is 12.0 Å². The van der Waals surface area contributed by atoms with Crippen LogP contribution in [-0.4, -0.2) is 9.55 Å². The van der Waals surface area contributed by atoms with Crippen molar-refractivity contribution in [3.8, 4) is 5.69 Å². The van der Waals surface area contributed by atoms with Crippen molar-refractivity contribution in [3.05, 3.63) is 46.0 Å². The fourth-order valence-corrected chi connectivity index (χ4v) is 3.07. The van der Waals surface area contributed by atoms with Crippen molar-refractivity contribution in [1.29, 1.82) is 0 Å². The summed E-state index contributed by atoms with van der Waals surface area (Å²) < 4.78 is 3.28. The molecular weight excluding hydrogens is 290 g/mol. The van der Waals surface area contributed by atoms with Crippen LogP contribution in [0.25, 0.3) is 5.69 Å². The first-order chi connectivity index (χ1) is 8.79. The second-order valence-electron chi connectivity index (χ2n) is 4.69. The van der Waals surface area contributed by atoms with E-state index in [-0.39, 0.29) is 0 Å². The first-order valence-electron chi connectivity index (χ1n) is 6.33. The number of hydrogen-bond acceptors (Lipinski definition) is 2. The lowest BCUT2D eigenvalue weighted by molar-refractivity contribution is 0.656. The second-order valence-corrected chi connectivity index (χ2v) is 5.55. The number of aryl methyl sites for hydroxylation is 1. The molecule has 0 bridgehead atoms. The second kappa shape index (κ2) is 4.86. The van der Waals surface area contributed by atoms with Crippen LogP contribution in [0.4, 0.5) is 0 Å². The summed E-state index contributed by atoms with van der Waals surface area (Å²) in [5.74, 6) is 0. The molecule has 1 heterocycles. The van der Waals surface area contributed by atoms with Gasteiger partial charge in [0.25, 0.3) is 0 Å². The van der Waals surface area contributed by atoms with E-state index in [1.807, 2.05) is 6.33 Å². The molecule has 1 aromatic heterocycles. The summed E-state index contributed by atoms with van der Waals surface area (Å²) in [4.78, 5) is 4.53. The van der Waals surface area contributed by atoms with Crippen molar-refractivity contribution < 1.29 is 0 Å². The minimum absolute atomic E-state index is 0.558. The first kappa shape index (κ1) is 11.9. The highest BCUT2D eigenvalue weighted by molar-refractivity contribution is 9.10. The molecule has 18 heavy (non-hydrogen) atoms. The molecule has 0 spiro atoms. The molecule has 0 fully saturated rings. The third-order valence-corrected chi connectivity index (χ3v) is 4.30. The number of hydrogen-bond donors (Lipinski definition) is 1. The van der Waals surface area contributed by atoms with Gasteiger partial charge in [-0.05, 0) is 43.4 Å². The molecule has 4 heteroatoms. The van der Waals surface area contributed by atoms with Gasteiger partial charge in [0.1, 0.15) is 0 Å². The quantitative estimate of drug-likeness (QED) is 0.927. The third-order valence-electron chi connectivity index (χ3n) is 3.56. The Balaban J connectivity index is 2.04. The molecule has 94 valence electrons. The molecule has 0 unspecified atom stereocenters. The maximum atomic E-state index is 5.68. The maximum absolute atomic E-state index is 5.68. The van der Waals surface area contributed by atoms with Crippen molar-refractivity contribution in [3.63, 3.8) is 0 Å². The van der Waals surface area contributed by atoms with Crippen LogP contribution in [0.2, 0.25) is 0 Å². The van der Waals surface area contributed by atoms with Crippen molar-refractivity contribution in [2.24, 2.45) is 5.73 Å². The Bertz CT molecular complexity index is 574. The zero-order valence-corrected chi connectivity index (χ0v) is 11.8. The molecule has 3 rings (SSSR count). The highest BCUT2D eigenvalue weighted by Crippen LogP contribution is 2.26. The summed E-state index contributed by atoms with van der Waals surface area (Å²) in [5.41, 5.74) is 10.6. The van der Waals surface area contributed by atoms with E-state index in [9.17, 15) is 0 Å². The molecule has 1 aromatic carbocycles. The largest absolute Gasteiger partial charge is 0.326 e. The molecule has 0 saturated heterocycles. The van der Waals surface area contributed by atoms with E-state index in [1.54, 1.807) is 0 Å². The summed E-state index contributed by atoms with van der Waals surface area (Å²) in [7, 11) is 0. The highest BCUT2D eigenvalue weighted by atomic mass is 79.9. The molecule has 3 nitrogen and oxygen atoms in total. The molecule has 0 atom stereocenters. The normalized spacial score (nSPS) is 14.6. The topological polar surface area (TPSA) is 43.8 Å². The third kappa shape index (κ3) is 1.99. The van der Waals surface area contributed by atoms with Gasteiger partial charge >= 0.3 is 0 Å². The summed E-state index contributed by atoms with van der Waals surface area (Å²) >= 11 is 3.58. The minimum Gasteiger partial charge on any atom is -0.326 e. The van der Waals surface area contributed by atoms with Gasteiger partial charge in [-0.25, -0.2) is 4.98 Å². The summed E-state index contributed by atoms with van der Waals surface area (Å²) in [6, 6.07) is 6.32. The molecule has 0 saturated carbocycles. The average Bonchev–Trinajstić information content (AvgIpc) is 2.82. The minimum atomic E-state index is 0.558. The van der Waals surface area contributed by atoms with Gasteiger partial charge in [0.2, 0.25) is 0 Å². The Morgan fingerprint density at radius 2 is 2.11 bits per heavy atom. The van der Waals surface area contributed by atoms with Crippen molar-refractivity contribution >= 4 is 15.9 Å². The van der Waals surface area contributed by atoms with Crippen molar-refractivity contribution in [1.82, 2.24) is 9.55 Å². The van der Waals surface area contributed by atoms with Gasteiger partial charge in [0.15, 0.2) is 0 Å². The molecule has 0 radical (unpaired) electrons. The van der Waals surface area contributed by atoms with Crippen LogP contribution in [0.15, 0.2) is 29.0 Å². The number of benzene rings is 1. The van der Waals surface area contributed by atoms with Gasteiger partial charge in [-0.2, -0.15) is 0 Å². The molecular formula is C14H16BrN3. The van der Waals surface area contributed by atoms with Gasteiger partial charge in [0, 0.05) is 22.4 Å². The number of aromatic nitrogens is 2. The number of fused-ring (bicyclic) bond motifs is 1. The average molecular weight is 306 g/mol. The SMILES string of the molecule is NCc1ccc(-n2cnc3c2CCCC3)cc1Br. The van der Waals surface area contributed by atoms with Gasteiger partial charge in [-0.15, -0.1) is 0 Å². The smallest absolute Gasteiger partial charge is 0.0997 e. The van der Waals surface area contributed by atoms with Crippen LogP contribution in [0, 0.1) is 0 Å². The molecule has 0 aliphatic heterocycles. The predicted molar refractivity (Wildman–Crippen MR) is 75.8 cm³/mol. The summed E-state index contributed by atoms with van der Waals surface area (Å²) in [5, 5.41) is 0. The zero-order chi connectivity index (χ0) is 12.5. The van der Waals surface area contributed by atoms with Crippen LogP contribution in [-0.2, 0) is 19.4 Å². The zero-order valence-electron chi connectivity index (χ0n) is 10.2. The monoisotopic (exact) mass is 305 g/mol. The van der Waals surface area contributed by atoms with E-state index in [0.717, 1.165) is 28.6 Å². The fraction of sp³-hybridized carbons (Fsp3) is 0.357. The van der Waals surface area contributed by atoms with Crippen LogP contribution in [0.1, 0.15) is 29.8 Å². The number of nitrogens with zero attached hydrogens (tertiary/aromatic N) is 2. The molecule has 1 aliphatic carbocycles. The number of nitrogens with two attached hydrogens (primary N) is 1. The van der Waals surface area contributed by atoms with Crippen LogP contribution >= 0.6 is 15.9 Å². The Hall–Kier alpha value is -1.13. The standard InChI is InChI=1S/C14H16BrN3/c15-12-7-11(6-5-10(12)8-16)18-9-17-13-3-1-2-4-14(13)18/h5-7,9H,1-4,8,16H2. The number of imidazole rings is 1. The molecule has 1 aliphatic rings. The van der Waals surface area contributed by atoms with E-state index in [0.29, 0.717) is 6.54 Å².